The van der Waals surface area contributed by atoms with Gasteiger partial charge in [0.25, 0.3) is 0 Å². The van der Waals surface area contributed by atoms with Crippen molar-refractivity contribution >= 4 is 11.9 Å². The van der Waals surface area contributed by atoms with Gasteiger partial charge in [-0.1, -0.05) is 59.7 Å². The number of carboxylic acids is 2. The van der Waals surface area contributed by atoms with E-state index < -0.39 is 23.1 Å². The number of hydrogen-bond donors (Lipinski definition) is 4. The highest BCUT2D eigenvalue weighted by Gasteiger charge is 2.32. The number of hydrogen-bond acceptors (Lipinski definition) is 4. The Hall–Kier alpha value is -2.70. The molecular weight excluding hydrogens is 336 g/mol. The van der Waals surface area contributed by atoms with E-state index in [1.54, 1.807) is 36.4 Å². The number of rotatable bonds is 4. The van der Waals surface area contributed by atoms with Crippen LogP contribution in [0.4, 0.5) is 0 Å². The number of aliphatic carboxylic acids is 2. The van der Waals surface area contributed by atoms with Gasteiger partial charge in [0.05, 0.1) is 0 Å². The molecule has 2 rings (SSSR count). The van der Waals surface area contributed by atoms with Crippen molar-refractivity contribution < 1.29 is 30.0 Å². The molecule has 0 spiro atoms. The molecular formula is C20H24O6. The van der Waals surface area contributed by atoms with E-state index in [4.69, 9.17) is 10.2 Å². The molecule has 0 amide bonds. The Kier molecular flexibility index (Phi) is 6.66. The zero-order valence-corrected chi connectivity index (χ0v) is 15.2. The standard InChI is InChI=1S/2C10H12O3/c2*1-7-4-3-5-8(6-7)10(2,13)9(11)12/h2*3-6,13H,1-2H3,(H,11,12)/t2*10-/m10/s1. The molecule has 0 aliphatic heterocycles. The Morgan fingerprint density at radius 2 is 1.04 bits per heavy atom. The smallest absolute Gasteiger partial charge is 0.340 e. The third kappa shape index (κ3) is 5.15. The van der Waals surface area contributed by atoms with Gasteiger partial charge < -0.3 is 20.4 Å². The molecule has 0 bridgehead atoms. The predicted octanol–water partition coefficient (Wildman–Crippen LogP) is 2.57. The fraction of sp³-hybridized carbons (Fsp3) is 0.300. The van der Waals surface area contributed by atoms with E-state index >= 15 is 0 Å². The summed E-state index contributed by atoms with van der Waals surface area (Å²) >= 11 is 0. The minimum atomic E-state index is -1.80. The maximum atomic E-state index is 10.7. The largest absolute Gasteiger partial charge is 0.479 e. The number of carboxylic acid groups (broad SMARTS) is 2. The maximum Gasteiger partial charge on any atom is 0.340 e. The lowest BCUT2D eigenvalue weighted by atomic mass is 9.95. The minimum absolute atomic E-state index is 0.403. The van der Waals surface area contributed by atoms with Crippen molar-refractivity contribution in [3.05, 3.63) is 70.8 Å². The minimum Gasteiger partial charge on any atom is -0.479 e. The monoisotopic (exact) mass is 360 g/mol. The highest BCUT2D eigenvalue weighted by atomic mass is 16.4. The van der Waals surface area contributed by atoms with E-state index in [2.05, 4.69) is 0 Å². The third-order valence-corrected chi connectivity index (χ3v) is 3.99. The van der Waals surface area contributed by atoms with Crippen molar-refractivity contribution in [2.75, 3.05) is 0 Å². The van der Waals surface area contributed by atoms with Gasteiger partial charge in [0.15, 0.2) is 11.2 Å². The van der Waals surface area contributed by atoms with Gasteiger partial charge in [-0.15, -0.1) is 0 Å². The summed E-state index contributed by atoms with van der Waals surface area (Å²) < 4.78 is 0. The molecule has 2 aromatic rings. The molecule has 0 saturated heterocycles. The van der Waals surface area contributed by atoms with E-state index in [-0.39, 0.29) is 0 Å². The molecule has 0 heterocycles. The lowest BCUT2D eigenvalue weighted by molar-refractivity contribution is -0.158. The topological polar surface area (TPSA) is 115 Å². The lowest BCUT2D eigenvalue weighted by Gasteiger charge is -2.18. The summed E-state index contributed by atoms with van der Waals surface area (Å²) in [5, 5.41) is 36.6. The molecule has 0 fully saturated rings. The quantitative estimate of drug-likeness (QED) is 0.666. The molecule has 6 heteroatoms. The van der Waals surface area contributed by atoms with Gasteiger partial charge >= 0.3 is 11.9 Å². The van der Waals surface area contributed by atoms with Gasteiger partial charge in [-0.25, -0.2) is 9.59 Å². The zero-order chi connectivity index (χ0) is 20.1. The van der Waals surface area contributed by atoms with Crippen LogP contribution < -0.4 is 0 Å². The lowest BCUT2D eigenvalue weighted by Crippen LogP contribution is -2.31. The first-order chi connectivity index (χ1) is 11.9. The van der Waals surface area contributed by atoms with Crippen LogP contribution in [0, 0.1) is 13.8 Å². The number of benzene rings is 2. The van der Waals surface area contributed by atoms with Gasteiger partial charge in [-0.2, -0.15) is 0 Å². The summed E-state index contributed by atoms with van der Waals surface area (Å²) in [5.74, 6) is -2.48. The van der Waals surface area contributed by atoms with Gasteiger partial charge in [0, 0.05) is 0 Å². The molecule has 140 valence electrons. The molecule has 0 aromatic heterocycles. The fourth-order valence-corrected chi connectivity index (χ4v) is 2.14. The molecule has 0 aliphatic rings. The summed E-state index contributed by atoms with van der Waals surface area (Å²) in [4.78, 5) is 21.4. The Balaban J connectivity index is 0.000000260. The molecule has 0 aliphatic carbocycles. The fourth-order valence-electron chi connectivity index (χ4n) is 2.14. The summed E-state index contributed by atoms with van der Waals surface area (Å²) in [5.41, 5.74) is -0.934. The molecule has 0 unspecified atom stereocenters. The van der Waals surface area contributed by atoms with E-state index in [0.29, 0.717) is 11.1 Å². The SMILES string of the molecule is Cc1cccc([C@@](C)(O)C(=O)O)c1.Cc1cccc([C@](C)(O)C(=O)O)c1. The Morgan fingerprint density at radius 3 is 1.27 bits per heavy atom. The second-order valence-corrected chi connectivity index (χ2v) is 6.49. The third-order valence-electron chi connectivity index (χ3n) is 3.99. The maximum absolute atomic E-state index is 10.7. The van der Waals surface area contributed by atoms with Gasteiger partial charge in [-0.05, 0) is 38.8 Å². The first-order valence-corrected chi connectivity index (χ1v) is 7.95. The Labute approximate surface area is 152 Å². The van der Waals surface area contributed by atoms with Gasteiger partial charge in [-0.3, -0.25) is 0 Å². The molecule has 2 atom stereocenters. The molecule has 6 nitrogen and oxygen atoms in total. The predicted molar refractivity (Wildman–Crippen MR) is 96.8 cm³/mol. The number of carbonyl (C=O) groups is 2. The van der Waals surface area contributed by atoms with Crippen molar-refractivity contribution in [1.82, 2.24) is 0 Å². The van der Waals surface area contributed by atoms with E-state index in [9.17, 15) is 19.8 Å². The Bertz CT molecular complexity index is 725. The number of aliphatic hydroxyl groups is 2. The van der Waals surface area contributed by atoms with Crippen LogP contribution in [0.3, 0.4) is 0 Å². The molecule has 0 saturated carbocycles. The average molecular weight is 360 g/mol. The van der Waals surface area contributed by atoms with E-state index in [0.717, 1.165) is 11.1 Å². The second kappa shape index (κ2) is 8.12. The van der Waals surface area contributed by atoms with Crippen molar-refractivity contribution in [2.45, 2.75) is 38.9 Å². The molecule has 26 heavy (non-hydrogen) atoms. The van der Waals surface area contributed by atoms with Crippen LogP contribution in [0.25, 0.3) is 0 Å². The Morgan fingerprint density at radius 1 is 0.731 bits per heavy atom. The summed E-state index contributed by atoms with van der Waals surface area (Å²) in [6.07, 6.45) is 0. The normalized spacial score (nSPS) is 15.0. The van der Waals surface area contributed by atoms with Crippen molar-refractivity contribution in [2.24, 2.45) is 0 Å². The van der Waals surface area contributed by atoms with Crippen molar-refractivity contribution in [1.29, 1.82) is 0 Å². The molecule has 2 aromatic carbocycles. The summed E-state index contributed by atoms with van der Waals surface area (Å²) in [7, 11) is 0. The van der Waals surface area contributed by atoms with Crippen molar-refractivity contribution in [3.63, 3.8) is 0 Å². The highest BCUT2D eigenvalue weighted by molar-refractivity contribution is 5.79. The van der Waals surface area contributed by atoms with E-state index in [1.807, 2.05) is 26.0 Å². The van der Waals surface area contributed by atoms with Crippen LogP contribution in [0.1, 0.15) is 36.1 Å². The molecule has 0 radical (unpaired) electrons. The average Bonchev–Trinajstić information content (AvgIpc) is 2.55. The second-order valence-electron chi connectivity index (χ2n) is 6.49. The van der Waals surface area contributed by atoms with Crippen molar-refractivity contribution in [3.8, 4) is 0 Å². The highest BCUT2D eigenvalue weighted by Crippen LogP contribution is 2.22. The first kappa shape index (κ1) is 21.3. The summed E-state index contributed by atoms with van der Waals surface area (Å²) in [6, 6.07) is 13.7. The first-order valence-electron chi connectivity index (χ1n) is 7.95. The van der Waals surface area contributed by atoms with Crippen LogP contribution in [-0.4, -0.2) is 32.4 Å². The van der Waals surface area contributed by atoms with Crippen LogP contribution in [0.5, 0.6) is 0 Å². The van der Waals surface area contributed by atoms with E-state index in [1.165, 1.54) is 13.8 Å². The zero-order valence-electron chi connectivity index (χ0n) is 15.2. The number of aryl methyl sites for hydroxylation is 2. The van der Waals surface area contributed by atoms with Gasteiger partial charge in [0.2, 0.25) is 0 Å². The molecule has 4 N–H and O–H groups in total. The van der Waals surface area contributed by atoms with Crippen LogP contribution in [-0.2, 0) is 20.8 Å². The van der Waals surface area contributed by atoms with Crippen LogP contribution >= 0.6 is 0 Å². The summed E-state index contributed by atoms with van der Waals surface area (Å²) in [6.45, 7) is 6.23. The van der Waals surface area contributed by atoms with Gasteiger partial charge in [0.1, 0.15) is 0 Å². The van der Waals surface area contributed by atoms with Crippen LogP contribution in [0.2, 0.25) is 0 Å². The van der Waals surface area contributed by atoms with Crippen LogP contribution in [0.15, 0.2) is 48.5 Å².